The molecule has 4 nitrogen and oxygen atoms in total. The van der Waals surface area contributed by atoms with E-state index in [9.17, 15) is 9.90 Å². The Morgan fingerprint density at radius 2 is 1.85 bits per heavy atom. The van der Waals surface area contributed by atoms with Gasteiger partial charge in [-0.3, -0.25) is 4.79 Å². The zero-order chi connectivity index (χ0) is 14.5. The minimum atomic E-state index is -0.372. The molecule has 0 spiro atoms. The highest BCUT2D eigenvalue weighted by atomic mass is 32.2. The summed E-state index contributed by atoms with van der Waals surface area (Å²) < 4.78 is 10.4. The predicted molar refractivity (Wildman–Crippen MR) is 76.5 cm³/mol. The fraction of sp³-hybridized carbons (Fsp3) is 0.133. The third-order valence-electron chi connectivity index (χ3n) is 2.47. The highest BCUT2D eigenvalue weighted by Crippen LogP contribution is 2.37. The number of aromatic hydroxyl groups is 1. The molecule has 0 saturated heterocycles. The standard InChI is InChI=1S/C15H14O4S/c1-10(16)19-14-8-5-12(18-2)9-15(14)20-13-6-3-11(17)4-7-13/h3-9,17H,1-2H3. The van der Waals surface area contributed by atoms with E-state index in [1.807, 2.05) is 0 Å². The van der Waals surface area contributed by atoms with Crippen molar-refractivity contribution in [3.8, 4) is 17.2 Å². The summed E-state index contributed by atoms with van der Waals surface area (Å²) in [5.41, 5.74) is 0. The van der Waals surface area contributed by atoms with Crippen LogP contribution in [0.5, 0.6) is 17.2 Å². The van der Waals surface area contributed by atoms with E-state index >= 15 is 0 Å². The van der Waals surface area contributed by atoms with Crippen LogP contribution in [0.3, 0.4) is 0 Å². The van der Waals surface area contributed by atoms with Crippen LogP contribution in [-0.4, -0.2) is 18.2 Å². The van der Waals surface area contributed by atoms with E-state index < -0.39 is 0 Å². The number of phenols is 1. The van der Waals surface area contributed by atoms with Crippen molar-refractivity contribution in [3.05, 3.63) is 42.5 Å². The lowest BCUT2D eigenvalue weighted by Crippen LogP contribution is -2.02. The van der Waals surface area contributed by atoms with Gasteiger partial charge in [-0.1, -0.05) is 11.8 Å². The van der Waals surface area contributed by atoms with E-state index in [-0.39, 0.29) is 11.7 Å². The van der Waals surface area contributed by atoms with E-state index in [1.54, 1.807) is 49.6 Å². The van der Waals surface area contributed by atoms with Crippen LogP contribution in [-0.2, 0) is 4.79 Å². The molecule has 0 amide bonds. The summed E-state index contributed by atoms with van der Waals surface area (Å²) >= 11 is 1.43. The summed E-state index contributed by atoms with van der Waals surface area (Å²) in [5.74, 6) is 1.00. The molecule has 0 fully saturated rings. The summed E-state index contributed by atoms with van der Waals surface area (Å²) in [4.78, 5) is 12.8. The molecule has 0 heterocycles. The Bertz CT molecular complexity index is 608. The van der Waals surface area contributed by atoms with E-state index in [1.165, 1.54) is 18.7 Å². The third kappa shape index (κ3) is 3.68. The molecule has 104 valence electrons. The molecule has 0 atom stereocenters. The van der Waals surface area contributed by atoms with Crippen LogP contribution in [0.25, 0.3) is 0 Å². The molecule has 5 heteroatoms. The molecule has 2 rings (SSSR count). The molecular formula is C15H14O4S. The first-order valence-electron chi connectivity index (χ1n) is 5.92. The molecule has 0 bridgehead atoms. The molecule has 0 radical (unpaired) electrons. The molecule has 0 aliphatic carbocycles. The topological polar surface area (TPSA) is 55.8 Å². The maximum absolute atomic E-state index is 11.1. The van der Waals surface area contributed by atoms with Crippen LogP contribution < -0.4 is 9.47 Å². The first-order chi connectivity index (χ1) is 9.58. The smallest absolute Gasteiger partial charge is 0.308 e. The van der Waals surface area contributed by atoms with Crippen LogP contribution >= 0.6 is 11.8 Å². The quantitative estimate of drug-likeness (QED) is 0.690. The Labute approximate surface area is 121 Å². The van der Waals surface area contributed by atoms with Crippen LogP contribution in [0, 0.1) is 0 Å². The fourth-order valence-electron chi connectivity index (χ4n) is 1.58. The molecular weight excluding hydrogens is 276 g/mol. The van der Waals surface area contributed by atoms with Crippen LogP contribution in [0.2, 0.25) is 0 Å². The van der Waals surface area contributed by atoms with Gasteiger partial charge in [-0.15, -0.1) is 0 Å². The van der Waals surface area contributed by atoms with Crippen molar-refractivity contribution in [2.24, 2.45) is 0 Å². The summed E-state index contributed by atoms with van der Waals surface area (Å²) in [6, 6.07) is 12.0. The first kappa shape index (κ1) is 14.3. The zero-order valence-electron chi connectivity index (χ0n) is 11.1. The Hall–Kier alpha value is -2.14. The second-order valence-corrected chi connectivity index (χ2v) is 5.12. The SMILES string of the molecule is COc1ccc(OC(C)=O)c(Sc2ccc(O)cc2)c1. The number of phenolic OH excluding ortho intramolecular Hbond substituents is 1. The average Bonchev–Trinajstić information content (AvgIpc) is 2.42. The van der Waals surface area contributed by atoms with Gasteiger partial charge < -0.3 is 14.6 Å². The largest absolute Gasteiger partial charge is 0.508 e. The van der Waals surface area contributed by atoms with Crippen molar-refractivity contribution in [2.75, 3.05) is 7.11 Å². The molecule has 0 aliphatic rings. The van der Waals surface area contributed by atoms with Crippen molar-refractivity contribution in [2.45, 2.75) is 16.7 Å². The molecule has 0 aliphatic heterocycles. The summed E-state index contributed by atoms with van der Waals surface area (Å²) in [6.07, 6.45) is 0. The Morgan fingerprint density at radius 1 is 1.15 bits per heavy atom. The molecule has 0 unspecified atom stereocenters. The Kier molecular flexibility index (Phi) is 4.53. The molecule has 2 aromatic rings. The molecule has 0 aromatic heterocycles. The molecule has 0 saturated carbocycles. The van der Waals surface area contributed by atoms with Gasteiger partial charge in [-0.2, -0.15) is 0 Å². The lowest BCUT2D eigenvalue weighted by Gasteiger charge is -2.10. The van der Waals surface area contributed by atoms with Gasteiger partial charge in [0.2, 0.25) is 0 Å². The summed E-state index contributed by atoms with van der Waals surface area (Å²) in [7, 11) is 1.58. The summed E-state index contributed by atoms with van der Waals surface area (Å²) in [6.45, 7) is 1.36. The number of hydrogen-bond donors (Lipinski definition) is 1. The van der Waals surface area contributed by atoms with Gasteiger partial charge in [0.1, 0.15) is 17.2 Å². The van der Waals surface area contributed by atoms with Crippen molar-refractivity contribution in [3.63, 3.8) is 0 Å². The molecule has 2 aromatic carbocycles. The number of carbonyl (C=O) groups excluding carboxylic acids is 1. The maximum atomic E-state index is 11.1. The Balaban J connectivity index is 2.31. The predicted octanol–water partition coefficient (Wildman–Crippen LogP) is 3.48. The van der Waals surface area contributed by atoms with E-state index in [4.69, 9.17) is 9.47 Å². The Morgan fingerprint density at radius 3 is 2.45 bits per heavy atom. The highest BCUT2D eigenvalue weighted by molar-refractivity contribution is 7.99. The normalized spacial score (nSPS) is 10.1. The molecule has 1 N–H and O–H groups in total. The van der Waals surface area contributed by atoms with Gasteiger partial charge in [0, 0.05) is 11.8 Å². The van der Waals surface area contributed by atoms with Gasteiger partial charge >= 0.3 is 5.97 Å². The number of esters is 1. The highest BCUT2D eigenvalue weighted by Gasteiger charge is 2.10. The van der Waals surface area contributed by atoms with Crippen molar-refractivity contribution < 1.29 is 19.4 Å². The number of carbonyl (C=O) groups is 1. The lowest BCUT2D eigenvalue weighted by molar-refractivity contribution is -0.132. The third-order valence-corrected chi connectivity index (χ3v) is 3.52. The van der Waals surface area contributed by atoms with E-state index in [0.717, 1.165) is 9.79 Å². The monoisotopic (exact) mass is 290 g/mol. The lowest BCUT2D eigenvalue weighted by atomic mass is 10.3. The van der Waals surface area contributed by atoms with E-state index in [0.29, 0.717) is 11.5 Å². The van der Waals surface area contributed by atoms with Gasteiger partial charge in [-0.25, -0.2) is 0 Å². The second kappa shape index (κ2) is 6.34. The second-order valence-electron chi connectivity index (χ2n) is 4.00. The van der Waals surface area contributed by atoms with Gasteiger partial charge in [0.15, 0.2) is 0 Å². The van der Waals surface area contributed by atoms with Crippen molar-refractivity contribution in [1.82, 2.24) is 0 Å². The number of rotatable bonds is 4. The van der Waals surface area contributed by atoms with Crippen LogP contribution in [0.15, 0.2) is 52.3 Å². The number of ether oxygens (including phenoxy) is 2. The number of methoxy groups -OCH3 is 1. The van der Waals surface area contributed by atoms with Gasteiger partial charge in [-0.05, 0) is 42.5 Å². The van der Waals surface area contributed by atoms with Crippen LogP contribution in [0.1, 0.15) is 6.92 Å². The summed E-state index contributed by atoms with van der Waals surface area (Å²) in [5, 5.41) is 9.28. The van der Waals surface area contributed by atoms with Gasteiger partial charge in [0.25, 0.3) is 0 Å². The zero-order valence-corrected chi connectivity index (χ0v) is 11.9. The van der Waals surface area contributed by atoms with Crippen molar-refractivity contribution in [1.29, 1.82) is 0 Å². The fourth-order valence-corrected chi connectivity index (χ4v) is 2.49. The average molecular weight is 290 g/mol. The number of benzene rings is 2. The number of hydrogen-bond acceptors (Lipinski definition) is 5. The van der Waals surface area contributed by atoms with Crippen molar-refractivity contribution >= 4 is 17.7 Å². The molecule has 20 heavy (non-hydrogen) atoms. The minimum Gasteiger partial charge on any atom is -0.508 e. The first-order valence-corrected chi connectivity index (χ1v) is 6.73. The van der Waals surface area contributed by atoms with Crippen LogP contribution in [0.4, 0.5) is 0 Å². The van der Waals surface area contributed by atoms with E-state index in [2.05, 4.69) is 0 Å². The van der Waals surface area contributed by atoms with Gasteiger partial charge in [0.05, 0.1) is 12.0 Å². The maximum Gasteiger partial charge on any atom is 0.308 e. The minimum absolute atomic E-state index is 0.209.